The molecule has 20 heavy (non-hydrogen) atoms. The number of halogens is 2. The molecule has 2 aromatic rings. The smallest absolute Gasteiger partial charge is 0.253 e. The van der Waals surface area contributed by atoms with E-state index < -0.39 is 0 Å². The van der Waals surface area contributed by atoms with Crippen molar-refractivity contribution in [2.75, 3.05) is 12.3 Å². The highest BCUT2D eigenvalue weighted by Gasteiger charge is 2.09. The Hall–Kier alpha value is -1.52. The first-order valence-electron chi connectivity index (χ1n) is 6.14. The molecule has 2 rings (SSSR count). The van der Waals surface area contributed by atoms with Crippen molar-refractivity contribution in [3.8, 4) is 0 Å². The fourth-order valence-electron chi connectivity index (χ4n) is 1.81. The van der Waals surface area contributed by atoms with Gasteiger partial charge in [-0.25, -0.2) is 0 Å². The minimum Gasteiger partial charge on any atom is -0.398 e. The molecule has 3 nitrogen and oxygen atoms in total. The first kappa shape index (κ1) is 14.9. The molecule has 0 heterocycles. The summed E-state index contributed by atoms with van der Waals surface area (Å²) < 4.78 is 0.854. The lowest BCUT2D eigenvalue weighted by Crippen LogP contribution is -2.26. The molecule has 0 bridgehead atoms. The van der Waals surface area contributed by atoms with Crippen molar-refractivity contribution in [3.63, 3.8) is 0 Å². The van der Waals surface area contributed by atoms with Crippen molar-refractivity contribution < 1.29 is 4.79 Å². The van der Waals surface area contributed by atoms with Gasteiger partial charge in [0.05, 0.1) is 5.56 Å². The predicted octanol–water partition coefficient (Wildman–Crippen LogP) is 3.66. The first-order valence-corrected chi connectivity index (χ1v) is 7.31. The number of hydrogen-bond donors (Lipinski definition) is 2. The summed E-state index contributed by atoms with van der Waals surface area (Å²) in [7, 11) is 0. The van der Waals surface area contributed by atoms with E-state index in [1.807, 2.05) is 24.3 Å². The molecule has 104 valence electrons. The van der Waals surface area contributed by atoms with Crippen LogP contribution in [-0.2, 0) is 6.42 Å². The van der Waals surface area contributed by atoms with E-state index in [9.17, 15) is 4.79 Å². The van der Waals surface area contributed by atoms with Crippen LogP contribution in [0.3, 0.4) is 0 Å². The van der Waals surface area contributed by atoms with Crippen molar-refractivity contribution in [2.24, 2.45) is 0 Å². The summed E-state index contributed by atoms with van der Waals surface area (Å²) in [6, 6.07) is 12.8. The van der Waals surface area contributed by atoms with Gasteiger partial charge in [0, 0.05) is 21.7 Å². The number of rotatable bonds is 4. The molecule has 1 amide bonds. The van der Waals surface area contributed by atoms with Crippen LogP contribution in [0, 0.1) is 0 Å². The Bertz CT molecular complexity index is 614. The number of nitrogens with one attached hydrogen (secondary N) is 1. The van der Waals surface area contributed by atoms with E-state index in [0.29, 0.717) is 22.8 Å². The molecule has 2 aromatic carbocycles. The molecule has 0 aromatic heterocycles. The number of carbonyl (C=O) groups excluding carboxylic acids is 1. The third kappa shape index (κ3) is 3.99. The topological polar surface area (TPSA) is 55.1 Å². The number of hydrogen-bond acceptors (Lipinski definition) is 2. The van der Waals surface area contributed by atoms with Crippen LogP contribution in [0.5, 0.6) is 0 Å². The van der Waals surface area contributed by atoms with E-state index in [1.54, 1.807) is 18.2 Å². The summed E-state index contributed by atoms with van der Waals surface area (Å²) in [6.07, 6.45) is 0.749. The van der Waals surface area contributed by atoms with Crippen LogP contribution in [0.25, 0.3) is 0 Å². The van der Waals surface area contributed by atoms with Gasteiger partial charge in [0.2, 0.25) is 0 Å². The molecule has 0 aliphatic rings. The monoisotopic (exact) mass is 352 g/mol. The van der Waals surface area contributed by atoms with Crippen LogP contribution in [0.1, 0.15) is 15.9 Å². The van der Waals surface area contributed by atoms with Crippen molar-refractivity contribution in [1.29, 1.82) is 0 Å². The molecule has 0 fully saturated rings. The van der Waals surface area contributed by atoms with Crippen LogP contribution in [0.4, 0.5) is 5.69 Å². The summed E-state index contributed by atoms with van der Waals surface area (Å²) in [6.45, 7) is 0.552. The second-order valence-corrected chi connectivity index (χ2v) is 5.72. The Balaban J connectivity index is 1.90. The van der Waals surface area contributed by atoms with Gasteiger partial charge in [0.1, 0.15) is 0 Å². The lowest BCUT2D eigenvalue weighted by atomic mass is 10.1. The van der Waals surface area contributed by atoms with Crippen LogP contribution in [0.15, 0.2) is 46.9 Å². The summed E-state index contributed by atoms with van der Waals surface area (Å²) >= 11 is 9.13. The van der Waals surface area contributed by atoms with Gasteiger partial charge in [-0.3, -0.25) is 4.79 Å². The van der Waals surface area contributed by atoms with Gasteiger partial charge >= 0.3 is 0 Å². The maximum Gasteiger partial charge on any atom is 0.253 e. The largest absolute Gasteiger partial charge is 0.398 e. The highest BCUT2D eigenvalue weighted by molar-refractivity contribution is 9.10. The van der Waals surface area contributed by atoms with Crippen molar-refractivity contribution in [1.82, 2.24) is 5.32 Å². The summed E-state index contributed by atoms with van der Waals surface area (Å²) in [4.78, 5) is 12.0. The molecule has 5 heteroatoms. The molecule has 0 aliphatic carbocycles. The number of amides is 1. The summed E-state index contributed by atoms with van der Waals surface area (Å²) in [5.41, 5.74) is 7.89. The van der Waals surface area contributed by atoms with E-state index in [2.05, 4.69) is 21.2 Å². The van der Waals surface area contributed by atoms with E-state index in [1.165, 1.54) is 0 Å². The number of anilines is 1. The SMILES string of the molecule is Nc1cc(Br)ccc1C(=O)NCCc1ccc(Cl)cc1. The Labute approximate surface area is 131 Å². The number of benzene rings is 2. The molecule has 0 saturated carbocycles. The second kappa shape index (κ2) is 6.77. The zero-order chi connectivity index (χ0) is 14.5. The average Bonchev–Trinajstić information content (AvgIpc) is 2.41. The Kier molecular flexibility index (Phi) is 5.04. The summed E-state index contributed by atoms with van der Waals surface area (Å²) in [5, 5.41) is 3.56. The molecule has 0 saturated heterocycles. The van der Waals surface area contributed by atoms with Crippen LogP contribution in [-0.4, -0.2) is 12.5 Å². The van der Waals surface area contributed by atoms with Crippen LogP contribution < -0.4 is 11.1 Å². The first-order chi connectivity index (χ1) is 9.56. The Morgan fingerprint density at radius 3 is 2.55 bits per heavy atom. The third-order valence-electron chi connectivity index (χ3n) is 2.87. The maximum atomic E-state index is 12.0. The lowest BCUT2D eigenvalue weighted by Gasteiger charge is -2.08. The van der Waals surface area contributed by atoms with Gasteiger partial charge in [0.25, 0.3) is 5.91 Å². The Morgan fingerprint density at radius 1 is 1.20 bits per heavy atom. The molecule has 3 N–H and O–H groups in total. The van der Waals surface area contributed by atoms with E-state index in [-0.39, 0.29) is 5.91 Å². The lowest BCUT2D eigenvalue weighted by molar-refractivity contribution is 0.0955. The number of carbonyl (C=O) groups is 1. The number of nitrogen functional groups attached to an aromatic ring is 1. The predicted molar refractivity (Wildman–Crippen MR) is 86.0 cm³/mol. The van der Waals surface area contributed by atoms with Gasteiger partial charge in [-0.2, -0.15) is 0 Å². The van der Waals surface area contributed by atoms with Crippen molar-refractivity contribution in [2.45, 2.75) is 6.42 Å². The minimum atomic E-state index is -0.163. The fourth-order valence-corrected chi connectivity index (χ4v) is 2.31. The Morgan fingerprint density at radius 2 is 1.90 bits per heavy atom. The van der Waals surface area contributed by atoms with E-state index in [4.69, 9.17) is 17.3 Å². The van der Waals surface area contributed by atoms with E-state index >= 15 is 0 Å². The van der Waals surface area contributed by atoms with Gasteiger partial charge in [-0.05, 0) is 42.3 Å². The van der Waals surface area contributed by atoms with Crippen LogP contribution in [0.2, 0.25) is 5.02 Å². The van der Waals surface area contributed by atoms with Gasteiger partial charge in [-0.1, -0.05) is 39.7 Å². The maximum absolute atomic E-state index is 12.0. The molecular weight excluding hydrogens is 340 g/mol. The molecule has 0 unspecified atom stereocenters. The number of nitrogens with two attached hydrogens (primary N) is 1. The standard InChI is InChI=1S/C15H14BrClN2O/c16-11-3-6-13(14(18)9-11)15(20)19-8-7-10-1-4-12(17)5-2-10/h1-6,9H,7-8,18H2,(H,19,20). The molecule has 0 atom stereocenters. The molecule has 0 spiro atoms. The second-order valence-electron chi connectivity index (χ2n) is 4.36. The summed E-state index contributed by atoms with van der Waals surface area (Å²) in [5.74, 6) is -0.163. The fraction of sp³-hybridized carbons (Fsp3) is 0.133. The van der Waals surface area contributed by atoms with Crippen molar-refractivity contribution in [3.05, 3.63) is 63.1 Å². The average molecular weight is 354 g/mol. The highest BCUT2D eigenvalue weighted by atomic mass is 79.9. The molecule has 0 aliphatic heterocycles. The highest BCUT2D eigenvalue weighted by Crippen LogP contribution is 2.18. The van der Waals surface area contributed by atoms with Gasteiger partial charge < -0.3 is 11.1 Å². The van der Waals surface area contributed by atoms with E-state index in [0.717, 1.165) is 16.5 Å². The van der Waals surface area contributed by atoms with Crippen molar-refractivity contribution >= 4 is 39.1 Å². The van der Waals surface area contributed by atoms with Crippen LogP contribution >= 0.6 is 27.5 Å². The van der Waals surface area contributed by atoms with Gasteiger partial charge in [-0.15, -0.1) is 0 Å². The minimum absolute atomic E-state index is 0.163. The zero-order valence-corrected chi connectivity index (χ0v) is 13.0. The quantitative estimate of drug-likeness (QED) is 0.824. The zero-order valence-electron chi connectivity index (χ0n) is 10.7. The third-order valence-corrected chi connectivity index (χ3v) is 3.62. The normalized spacial score (nSPS) is 10.3. The van der Waals surface area contributed by atoms with Gasteiger partial charge in [0.15, 0.2) is 0 Å². The molecular formula is C15H14BrClN2O. The molecule has 0 radical (unpaired) electrons.